The van der Waals surface area contributed by atoms with Gasteiger partial charge in [-0.25, -0.2) is 4.98 Å². The first kappa shape index (κ1) is 13.6. The topological polar surface area (TPSA) is 38.6 Å². The molecule has 0 radical (unpaired) electrons. The van der Waals surface area contributed by atoms with E-state index in [-0.39, 0.29) is 0 Å². The highest BCUT2D eigenvalue weighted by molar-refractivity contribution is 5.41. The predicted octanol–water partition coefficient (Wildman–Crippen LogP) is 2.94. The van der Waals surface area contributed by atoms with Crippen molar-refractivity contribution in [1.29, 1.82) is 0 Å². The molecule has 0 unspecified atom stereocenters. The Bertz CT molecular complexity index is 731. The standard InChI is InChI=1S/C17H19N3O/c1-13-3-8-17-19-15(11-20(17)10-13)12-21-16-6-4-14(5-7-16)9-18-2/h3-8,10-11,18H,9,12H2,1-2H3. The fourth-order valence-electron chi connectivity index (χ4n) is 2.29. The van der Waals surface area contributed by atoms with Crippen molar-refractivity contribution in [2.24, 2.45) is 0 Å². The Balaban J connectivity index is 1.68. The van der Waals surface area contributed by atoms with Crippen molar-refractivity contribution in [2.45, 2.75) is 20.1 Å². The lowest BCUT2D eigenvalue weighted by Gasteiger charge is -2.05. The molecule has 0 atom stereocenters. The van der Waals surface area contributed by atoms with Crippen LogP contribution in [0.3, 0.4) is 0 Å². The third-order valence-corrected chi connectivity index (χ3v) is 3.34. The van der Waals surface area contributed by atoms with Crippen LogP contribution in [0, 0.1) is 6.92 Å². The Labute approximate surface area is 124 Å². The maximum atomic E-state index is 5.79. The molecule has 0 fully saturated rings. The third kappa shape index (κ3) is 3.23. The van der Waals surface area contributed by atoms with Gasteiger partial charge in [0.25, 0.3) is 0 Å². The average Bonchev–Trinajstić information content (AvgIpc) is 2.89. The molecule has 4 heteroatoms. The number of ether oxygens (including phenoxy) is 1. The van der Waals surface area contributed by atoms with Crippen molar-refractivity contribution in [3.63, 3.8) is 0 Å². The summed E-state index contributed by atoms with van der Waals surface area (Å²) in [4.78, 5) is 4.54. The molecule has 1 N–H and O–H groups in total. The Hall–Kier alpha value is -2.33. The van der Waals surface area contributed by atoms with Crippen molar-refractivity contribution in [1.82, 2.24) is 14.7 Å². The molecule has 0 aliphatic rings. The van der Waals surface area contributed by atoms with E-state index in [1.165, 1.54) is 11.1 Å². The van der Waals surface area contributed by atoms with Gasteiger partial charge in [0.1, 0.15) is 18.0 Å². The highest BCUT2D eigenvalue weighted by Crippen LogP contribution is 2.14. The van der Waals surface area contributed by atoms with E-state index in [0.29, 0.717) is 6.61 Å². The molecule has 0 aliphatic heterocycles. The molecule has 0 amide bonds. The van der Waals surface area contributed by atoms with Crippen LogP contribution in [0.15, 0.2) is 48.8 Å². The lowest BCUT2D eigenvalue weighted by molar-refractivity contribution is 0.302. The minimum atomic E-state index is 0.478. The van der Waals surface area contributed by atoms with E-state index in [9.17, 15) is 0 Å². The summed E-state index contributed by atoms with van der Waals surface area (Å²) in [6.07, 6.45) is 4.08. The number of benzene rings is 1. The first-order valence-electron chi connectivity index (χ1n) is 7.05. The second-order valence-corrected chi connectivity index (χ2v) is 5.17. The summed E-state index contributed by atoms with van der Waals surface area (Å²) >= 11 is 0. The summed E-state index contributed by atoms with van der Waals surface area (Å²) in [7, 11) is 1.94. The summed E-state index contributed by atoms with van der Waals surface area (Å²) in [5.41, 5.74) is 4.34. The van der Waals surface area contributed by atoms with Crippen molar-refractivity contribution in [3.05, 3.63) is 65.6 Å². The number of aryl methyl sites for hydroxylation is 1. The molecule has 21 heavy (non-hydrogen) atoms. The normalized spacial score (nSPS) is 11.0. The van der Waals surface area contributed by atoms with Crippen LogP contribution in [0.5, 0.6) is 5.75 Å². The van der Waals surface area contributed by atoms with Crippen molar-refractivity contribution in [3.8, 4) is 5.75 Å². The Kier molecular flexibility index (Phi) is 3.88. The zero-order valence-electron chi connectivity index (χ0n) is 12.3. The molecule has 2 heterocycles. The summed E-state index contributed by atoms with van der Waals surface area (Å²) in [6.45, 7) is 3.42. The van der Waals surface area contributed by atoms with Gasteiger partial charge in [-0.3, -0.25) is 0 Å². The number of hydrogen-bond acceptors (Lipinski definition) is 3. The first-order valence-corrected chi connectivity index (χ1v) is 7.05. The highest BCUT2D eigenvalue weighted by Gasteiger charge is 2.03. The summed E-state index contributed by atoms with van der Waals surface area (Å²) in [5, 5.41) is 3.13. The second kappa shape index (κ2) is 5.97. The minimum absolute atomic E-state index is 0.478. The van der Waals surface area contributed by atoms with Crippen LogP contribution in [0.25, 0.3) is 5.65 Å². The number of imidazole rings is 1. The van der Waals surface area contributed by atoms with Gasteiger partial charge in [-0.2, -0.15) is 0 Å². The van der Waals surface area contributed by atoms with Gasteiger partial charge < -0.3 is 14.5 Å². The number of nitrogens with one attached hydrogen (secondary N) is 1. The lowest BCUT2D eigenvalue weighted by Crippen LogP contribution is -2.04. The molecule has 3 aromatic rings. The van der Waals surface area contributed by atoms with Gasteiger partial charge in [0, 0.05) is 18.9 Å². The predicted molar refractivity (Wildman–Crippen MR) is 83.5 cm³/mol. The number of aromatic nitrogens is 2. The molecule has 0 aliphatic carbocycles. The number of nitrogens with zero attached hydrogens (tertiary/aromatic N) is 2. The molecule has 0 saturated carbocycles. The van der Waals surface area contributed by atoms with Crippen molar-refractivity contribution in [2.75, 3.05) is 7.05 Å². The zero-order valence-corrected chi connectivity index (χ0v) is 12.3. The van der Waals surface area contributed by atoms with Gasteiger partial charge in [0.15, 0.2) is 0 Å². The SMILES string of the molecule is CNCc1ccc(OCc2cn3cc(C)ccc3n2)cc1. The van der Waals surface area contributed by atoms with Crippen LogP contribution in [-0.4, -0.2) is 16.4 Å². The maximum Gasteiger partial charge on any atom is 0.137 e. The second-order valence-electron chi connectivity index (χ2n) is 5.17. The van der Waals surface area contributed by atoms with Crippen LogP contribution < -0.4 is 10.1 Å². The van der Waals surface area contributed by atoms with E-state index in [4.69, 9.17) is 4.74 Å². The van der Waals surface area contributed by atoms with Gasteiger partial charge in [0.05, 0.1) is 5.69 Å². The Morgan fingerprint density at radius 3 is 2.67 bits per heavy atom. The molecular weight excluding hydrogens is 262 g/mol. The first-order chi connectivity index (χ1) is 10.2. The van der Waals surface area contributed by atoms with Crippen LogP contribution in [0.2, 0.25) is 0 Å². The van der Waals surface area contributed by atoms with Crippen LogP contribution >= 0.6 is 0 Å². The van der Waals surface area contributed by atoms with E-state index in [1.807, 2.05) is 35.8 Å². The van der Waals surface area contributed by atoms with Crippen molar-refractivity contribution < 1.29 is 4.74 Å². The monoisotopic (exact) mass is 281 g/mol. The molecular formula is C17H19N3O. The smallest absolute Gasteiger partial charge is 0.137 e. The third-order valence-electron chi connectivity index (χ3n) is 3.34. The Morgan fingerprint density at radius 1 is 1.10 bits per heavy atom. The Morgan fingerprint density at radius 2 is 1.90 bits per heavy atom. The van der Waals surface area contributed by atoms with Crippen LogP contribution in [0.4, 0.5) is 0 Å². The van der Waals surface area contributed by atoms with E-state index < -0.39 is 0 Å². The molecule has 0 saturated heterocycles. The fraction of sp³-hybridized carbons (Fsp3) is 0.235. The molecule has 4 nitrogen and oxygen atoms in total. The maximum absolute atomic E-state index is 5.79. The quantitative estimate of drug-likeness (QED) is 0.781. The fourth-order valence-corrected chi connectivity index (χ4v) is 2.29. The van der Waals surface area contributed by atoms with Crippen molar-refractivity contribution >= 4 is 5.65 Å². The summed E-state index contributed by atoms with van der Waals surface area (Å²) in [5.74, 6) is 0.864. The van der Waals surface area contributed by atoms with Crippen LogP contribution in [-0.2, 0) is 13.2 Å². The van der Waals surface area contributed by atoms with Gasteiger partial charge >= 0.3 is 0 Å². The molecule has 2 aromatic heterocycles. The summed E-state index contributed by atoms with van der Waals surface area (Å²) < 4.78 is 7.82. The molecule has 0 spiro atoms. The molecule has 0 bridgehead atoms. The minimum Gasteiger partial charge on any atom is -0.487 e. The number of pyridine rings is 1. The highest BCUT2D eigenvalue weighted by atomic mass is 16.5. The molecule has 1 aromatic carbocycles. The number of fused-ring (bicyclic) bond motifs is 1. The van der Waals surface area contributed by atoms with Gasteiger partial charge in [-0.05, 0) is 43.3 Å². The van der Waals surface area contributed by atoms with Gasteiger partial charge in [-0.1, -0.05) is 18.2 Å². The van der Waals surface area contributed by atoms with E-state index in [0.717, 1.165) is 23.6 Å². The van der Waals surface area contributed by atoms with Gasteiger partial charge in [0.2, 0.25) is 0 Å². The molecule has 108 valence electrons. The number of rotatable bonds is 5. The summed E-state index contributed by atoms with van der Waals surface area (Å²) in [6, 6.07) is 12.2. The lowest BCUT2D eigenvalue weighted by atomic mass is 10.2. The van der Waals surface area contributed by atoms with Crippen LogP contribution in [0.1, 0.15) is 16.8 Å². The molecule has 3 rings (SSSR count). The number of hydrogen-bond donors (Lipinski definition) is 1. The largest absolute Gasteiger partial charge is 0.487 e. The van der Waals surface area contributed by atoms with Gasteiger partial charge in [-0.15, -0.1) is 0 Å². The van der Waals surface area contributed by atoms with E-state index in [1.54, 1.807) is 0 Å². The zero-order chi connectivity index (χ0) is 14.7. The van der Waals surface area contributed by atoms with E-state index >= 15 is 0 Å². The van der Waals surface area contributed by atoms with E-state index in [2.05, 4.69) is 41.6 Å². The average molecular weight is 281 g/mol.